The standard InChI is InChI=1S/C34H32N4O8S/c1-21-16-25(38(42)43)12-15-27(21)36-31(39)20-47-26-13-10-24(11-14-26)35-34(41)28(37-33(40)23-8-6-5-7-9-23)17-22-18-29(44-2)32(46-4)30(19-22)45-3/h5-19H,20H2,1-4H3,(H,35,41)(H,36,39)(H,37,40)/b28-17-. The number of carbonyl (C=O) groups excluding carboxylic acids is 3. The normalized spacial score (nSPS) is 10.9. The number of methoxy groups -OCH3 is 3. The summed E-state index contributed by atoms with van der Waals surface area (Å²) >= 11 is 1.28. The molecule has 0 aromatic heterocycles. The molecule has 0 radical (unpaired) electrons. The molecule has 0 aliphatic heterocycles. The Kier molecular flexibility index (Phi) is 11.6. The van der Waals surface area contributed by atoms with Crippen LogP contribution >= 0.6 is 11.8 Å². The molecule has 0 saturated heterocycles. The predicted octanol–water partition coefficient (Wildman–Crippen LogP) is 6.07. The maximum atomic E-state index is 13.5. The van der Waals surface area contributed by atoms with E-state index in [0.29, 0.717) is 45.3 Å². The van der Waals surface area contributed by atoms with Gasteiger partial charge in [0.2, 0.25) is 11.7 Å². The average Bonchev–Trinajstić information content (AvgIpc) is 3.08. The van der Waals surface area contributed by atoms with E-state index in [4.69, 9.17) is 14.2 Å². The number of rotatable bonds is 13. The number of amides is 3. The Morgan fingerprint density at radius 2 is 1.51 bits per heavy atom. The van der Waals surface area contributed by atoms with Crippen molar-refractivity contribution in [2.24, 2.45) is 0 Å². The van der Waals surface area contributed by atoms with E-state index >= 15 is 0 Å². The molecular formula is C34H32N4O8S. The Morgan fingerprint density at radius 3 is 2.09 bits per heavy atom. The molecule has 0 unspecified atom stereocenters. The molecule has 4 rings (SSSR count). The third kappa shape index (κ3) is 9.11. The van der Waals surface area contributed by atoms with Gasteiger partial charge in [-0.05, 0) is 78.7 Å². The second kappa shape index (κ2) is 16.0. The number of aryl methyl sites for hydroxylation is 1. The molecule has 3 amide bonds. The fraction of sp³-hybridized carbons (Fsp3) is 0.147. The Bertz CT molecular complexity index is 1790. The van der Waals surface area contributed by atoms with Gasteiger partial charge in [0.25, 0.3) is 17.5 Å². The van der Waals surface area contributed by atoms with E-state index in [0.717, 1.165) is 4.90 Å². The first kappa shape index (κ1) is 34.1. The van der Waals surface area contributed by atoms with Gasteiger partial charge in [-0.15, -0.1) is 11.8 Å². The summed E-state index contributed by atoms with van der Waals surface area (Å²) in [5, 5.41) is 19.2. The molecule has 47 heavy (non-hydrogen) atoms. The van der Waals surface area contributed by atoms with Gasteiger partial charge in [0.1, 0.15) is 5.70 Å². The predicted molar refractivity (Wildman–Crippen MR) is 180 cm³/mol. The second-order valence-electron chi connectivity index (χ2n) is 9.91. The second-order valence-corrected chi connectivity index (χ2v) is 11.0. The average molecular weight is 657 g/mol. The van der Waals surface area contributed by atoms with Gasteiger partial charge in [-0.2, -0.15) is 0 Å². The molecular weight excluding hydrogens is 624 g/mol. The maximum Gasteiger partial charge on any atom is 0.272 e. The molecule has 0 heterocycles. The summed E-state index contributed by atoms with van der Waals surface area (Å²) < 4.78 is 16.2. The highest BCUT2D eigenvalue weighted by Gasteiger charge is 2.18. The number of nitrogens with zero attached hydrogens (tertiary/aromatic N) is 1. The number of ether oxygens (including phenoxy) is 3. The van der Waals surface area contributed by atoms with Crippen LogP contribution in [0.4, 0.5) is 17.1 Å². The molecule has 0 bridgehead atoms. The SMILES string of the molecule is COc1cc(/C=C(\NC(=O)c2ccccc2)C(=O)Nc2ccc(SCC(=O)Nc3ccc([N+](=O)[O-])cc3C)cc2)cc(OC)c1OC. The van der Waals surface area contributed by atoms with Gasteiger partial charge in [-0.3, -0.25) is 24.5 Å². The molecule has 0 atom stereocenters. The van der Waals surface area contributed by atoms with Crippen LogP contribution in [-0.4, -0.2) is 49.7 Å². The molecule has 4 aromatic carbocycles. The van der Waals surface area contributed by atoms with Crippen LogP contribution in [0, 0.1) is 17.0 Å². The third-order valence-corrected chi connectivity index (χ3v) is 7.72. The highest BCUT2D eigenvalue weighted by atomic mass is 32.2. The number of anilines is 2. The number of hydrogen-bond donors (Lipinski definition) is 3. The minimum Gasteiger partial charge on any atom is -0.493 e. The number of thioether (sulfide) groups is 1. The molecule has 0 spiro atoms. The van der Waals surface area contributed by atoms with Crippen molar-refractivity contribution in [3.05, 3.63) is 117 Å². The topological polar surface area (TPSA) is 158 Å². The fourth-order valence-electron chi connectivity index (χ4n) is 4.36. The lowest BCUT2D eigenvalue weighted by molar-refractivity contribution is -0.384. The third-order valence-electron chi connectivity index (χ3n) is 6.70. The van der Waals surface area contributed by atoms with Gasteiger partial charge in [0, 0.05) is 34.0 Å². The summed E-state index contributed by atoms with van der Waals surface area (Å²) in [6.07, 6.45) is 1.50. The van der Waals surface area contributed by atoms with Crippen LogP contribution in [0.3, 0.4) is 0 Å². The number of non-ortho nitro benzene ring substituents is 1. The highest BCUT2D eigenvalue weighted by molar-refractivity contribution is 8.00. The van der Waals surface area contributed by atoms with Crippen LogP contribution in [0.15, 0.2) is 95.5 Å². The Balaban J connectivity index is 1.47. The largest absolute Gasteiger partial charge is 0.493 e. The summed E-state index contributed by atoms with van der Waals surface area (Å²) in [6.45, 7) is 1.68. The lowest BCUT2D eigenvalue weighted by Crippen LogP contribution is -2.30. The van der Waals surface area contributed by atoms with Crippen molar-refractivity contribution in [3.8, 4) is 17.2 Å². The number of carbonyl (C=O) groups is 3. The van der Waals surface area contributed by atoms with Crippen LogP contribution in [-0.2, 0) is 9.59 Å². The monoisotopic (exact) mass is 656 g/mol. The van der Waals surface area contributed by atoms with Gasteiger partial charge in [-0.25, -0.2) is 0 Å². The summed E-state index contributed by atoms with van der Waals surface area (Å²) in [4.78, 5) is 50.3. The van der Waals surface area contributed by atoms with Crippen LogP contribution < -0.4 is 30.2 Å². The first-order valence-electron chi connectivity index (χ1n) is 14.1. The van der Waals surface area contributed by atoms with Crippen molar-refractivity contribution in [1.29, 1.82) is 0 Å². The van der Waals surface area contributed by atoms with Gasteiger partial charge in [-0.1, -0.05) is 18.2 Å². The smallest absolute Gasteiger partial charge is 0.272 e. The van der Waals surface area contributed by atoms with E-state index < -0.39 is 16.7 Å². The fourth-order valence-corrected chi connectivity index (χ4v) is 5.06. The van der Waals surface area contributed by atoms with Crippen molar-refractivity contribution in [3.63, 3.8) is 0 Å². The molecule has 13 heteroatoms. The van der Waals surface area contributed by atoms with Crippen LogP contribution in [0.5, 0.6) is 17.2 Å². The van der Waals surface area contributed by atoms with E-state index in [1.54, 1.807) is 73.7 Å². The molecule has 0 fully saturated rings. The lowest BCUT2D eigenvalue weighted by Gasteiger charge is -2.15. The molecule has 4 aromatic rings. The summed E-state index contributed by atoms with van der Waals surface area (Å²) in [7, 11) is 4.43. The quantitative estimate of drug-likeness (QED) is 0.0672. The van der Waals surface area contributed by atoms with Crippen molar-refractivity contribution in [2.75, 3.05) is 37.7 Å². The van der Waals surface area contributed by atoms with Gasteiger partial charge >= 0.3 is 0 Å². The van der Waals surface area contributed by atoms with Gasteiger partial charge in [0.15, 0.2) is 11.5 Å². The van der Waals surface area contributed by atoms with Crippen molar-refractivity contribution < 1.29 is 33.5 Å². The zero-order valence-corrected chi connectivity index (χ0v) is 26.8. The Morgan fingerprint density at radius 1 is 0.851 bits per heavy atom. The number of benzene rings is 4. The van der Waals surface area contributed by atoms with E-state index in [1.807, 2.05) is 0 Å². The zero-order chi connectivity index (χ0) is 33.9. The minimum atomic E-state index is -0.582. The Hall–Kier alpha value is -5.82. The van der Waals surface area contributed by atoms with Crippen molar-refractivity contribution >= 4 is 52.6 Å². The first-order valence-corrected chi connectivity index (χ1v) is 15.1. The molecule has 0 saturated carbocycles. The molecule has 3 N–H and O–H groups in total. The summed E-state index contributed by atoms with van der Waals surface area (Å²) in [5.41, 5.74) is 2.31. The van der Waals surface area contributed by atoms with Crippen LogP contribution in [0.2, 0.25) is 0 Å². The number of nitro benzene ring substituents is 1. The molecule has 12 nitrogen and oxygen atoms in total. The Labute approximate surface area is 275 Å². The van der Waals surface area contributed by atoms with Crippen molar-refractivity contribution in [2.45, 2.75) is 11.8 Å². The number of nitro groups is 1. The van der Waals surface area contributed by atoms with E-state index in [2.05, 4.69) is 16.0 Å². The first-order chi connectivity index (χ1) is 22.6. The number of hydrogen-bond acceptors (Lipinski definition) is 9. The maximum absolute atomic E-state index is 13.5. The van der Waals surface area contributed by atoms with Crippen LogP contribution in [0.25, 0.3) is 6.08 Å². The molecule has 0 aliphatic rings. The summed E-state index contributed by atoms with van der Waals surface area (Å²) in [6, 6.07) is 22.9. The lowest BCUT2D eigenvalue weighted by atomic mass is 10.1. The number of nitrogens with one attached hydrogen (secondary N) is 3. The van der Waals surface area contributed by atoms with E-state index in [-0.39, 0.29) is 23.0 Å². The van der Waals surface area contributed by atoms with Gasteiger partial charge in [0.05, 0.1) is 32.0 Å². The molecule has 0 aliphatic carbocycles. The minimum absolute atomic E-state index is 0.0372. The van der Waals surface area contributed by atoms with E-state index in [9.17, 15) is 24.5 Å². The van der Waals surface area contributed by atoms with Gasteiger partial charge < -0.3 is 30.2 Å². The summed E-state index contributed by atoms with van der Waals surface area (Å²) in [5.74, 6) is -0.123. The zero-order valence-electron chi connectivity index (χ0n) is 26.0. The molecule has 242 valence electrons. The van der Waals surface area contributed by atoms with E-state index in [1.165, 1.54) is 57.4 Å². The van der Waals surface area contributed by atoms with Crippen LogP contribution in [0.1, 0.15) is 21.5 Å². The van der Waals surface area contributed by atoms with Crippen molar-refractivity contribution in [1.82, 2.24) is 5.32 Å². The highest BCUT2D eigenvalue weighted by Crippen LogP contribution is 2.38.